The van der Waals surface area contributed by atoms with Gasteiger partial charge in [-0.2, -0.15) is 0 Å². The number of quaternary nitrogens is 1. The van der Waals surface area contributed by atoms with Gasteiger partial charge in [-0.25, -0.2) is 0 Å². The predicted octanol–water partition coefficient (Wildman–Crippen LogP) is -1.25. The second-order valence-electron chi connectivity index (χ2n) is 3.23. The van der Waals surface area contributed by atoms with Crippen LogP contribution in [0.25, 0.3) is 0 Å². The van der Waals surface area contributed by atoms with Gasteiger partial charge in [0.1, 0.15) is 5.54 Å². The molecule has 1 saturated heterocycles. The highest BCUT2D eigenvalue weighted by Crippen LogP contribution is 1.95. The fourth-order valence-corrected chi connectivity index (χ4v) is 1.04. The Morgan fingerprint density at radius 2 is 2.22 bits per heavy atom. The molecule has 3 nitrogen and oxygen atoms in total. The molecule has 0 amide bonds. The molecule has 9 heavy (non-hydrogen) atoms. The Morgan fingerprint density at radius 3 is 2.56 bits per heavy atom. The van der Waals surface area contributed by atoms with Crippen LogP contribution in [0.2, 0.25) is 0 Å². The van der Waals surface area contributed by atoms with Crippen LogP contribution in [0, 0.1) is 5.21 Å². The van der Waals surface area contributed by atoms with Crippen LogP contribution >= 0.6 is 0 Å². The molecule has 1 heterocycles. The minimum absolute atomic E-state index is 0.113. The fraction of sp³-hybridized carbons (Fsp3) is 1.00. The van der Waals surface area contributed by atoms with E-state index in [9.17, 15) is 5.21 Å². The summed E-state index contributed by atoms with van der Waals surface area (Å²) in [4.78, 5) is 0. The molecule has 3 heteroatoms. The van der Waals surface area contributed by atoms with Crippen LogP contribution < -0.4 is 10.4 Å². The predicted molar refractivity (Wildman–Crippen MR) is 36.1 cm³/mol. The zero-order valence-corrected chi connectivity index (χ0v) is 6.03. The minimum Gasteiger partial charge on any atom is -0.634 e. The molecular weight excluding hydrogens is 116 g/mol. The van der Waals surface area contributed by atoms with E-state index < -0.39 is 0 Å². The van der Waals surface area contributed by atoms with Crippen LogP contribution in [0.3, 0.4) is 0 Å². The van der Waals surface area contributed by atoms with Gasteiger partial charge in [-0.1, -0.05) is 0 Å². The van der Waals surface area contributed by atoms with Gasteiger partial charge < -0.3 is 15.6 Å². The van der Waals surface area contributed by atoms with Crippen molar-refractivity contribution in [2.75, 3.05) is 19.6 Å². The van der Waals surface area contributed by atoms with Gasteiger partial charge in [0.05, 0.1) is 13.1 Å². The summed E-state index contributed by atoms with van der Waals surface area (Å²) < 4.78 is 0. The highest BCUT2D eigenvalue weighted by molar-refractivity contribution is 4.73. The second kappa shape index (κ2) is 2.25. The van der Waals surface area contributed by atoms with E-state index >= 15 is 0 Å². The lowest BCUT2D eigenvalue weighted by molar-refractivity contribution is -0.903. The summed E-state index contributed by atoms with van der Waals surface area (Å²) in [6.45, 7) is 6.38. The molecule has 1 rings (SSSR count). The van der Waals surface area contributed by atoms with Gasteiger partial charge in [0, 0.05) is 6.54 Å². The number of piperazine rings is 1. The van der Waals surface area contributed by atoms with Gasteiger partial charge in [-0.3, -0.25) is 0 Å². The standard InChI is InChI=1S/C6H14N2O/c1-6(2)5-7-3-4-8(6)9/h7-8H,3-5H2,1-2H3. The van der Waals surface area contributed by atoms with Crippen molar-refractivity contribution < 1.29 is 5.06 Å². The quantitative estimate of drug-likeness (QED) is 0.402. The number of hydrogen-bond donors (Lipinski definition) is 2. The van der Waals surface area contributed by atoms with E-state index in [1.165, 1.54) is 0 Å². The molecule has 1 unspecified atom stereocenters. The van der Waals surface area contributed by atoms with Crippen LogP contribution in [0.1, 0.15) is 13.8 Å². The number of hydrogen-bond acceptors (Lipinski definition) is 2. The number of rotatable bonds is 0. The smallest absolute Gasteiger partial charge is 0.104 e. The van der Waals surface area contributed by atoms with E-state index in [0.717, 1.165) is 13.1 Å². The third kappa shape index (κ3) is 1.41. The topological polar surface area (TPSA) is 39.5 Å². The van der Waals surface area contributed by atoms with Crippen LogP contribution in [0.15, 0.2) is 0 Å². The van der Waals surface area contributed by atoms with Crippen molar-refractivity contribution in [3.05, 3.63) is 5.21 Å². The first-order chi connectivity index (χ1) is 4.13. The Morgan fingerprint density at radius 1 is 1.56 bits per heavy atom. The monoisotopic (exact) mass is 130 g/mol. The van der Waals surface area contributed by atoms with Gasteiger partial charge in [-0.05, 0) is 13.8 Å². The minimum atomic E-state index is -0.113. The molecule has 0 aromatic rings. The van der Waals surface area contributed by atoms with Crippen molar-refractivity contribution in [3.63, 3.8) is 0 Å². The van der Waals surface area contributed by atoms with Crippen molar-refractivity contribution in [1.29, 1.82) is 0 Å². The highest BCUT2D eigenvalue weighted by atomic mass is 16.5. The van der Waals surface area contributed by atoms with Gasteiger partial charge >= 0.3 is 0 Å². The second-order valence-corrected chi connectivity index (χ2v) is 3.23. The summed E-state index contributed by atoms with van der Waals surface area (Å²) in [7, 11) is 0. The summed E-state index contributed by atoms with van der Waals surface area (Å²) in [5.74, 6) is 0. The van der Waals surface area contributed by atoms with Gasteiger partial charge in [0.2, 0.25) is 0 Å². The average molecular weight is 130 g/mol. The lowest BCUT2D eigenvalue weighted by Crippen LogP contribution is -3.18. The molecule has 2 N–H and O–H groups in total. The SMILES string of the molecule is CC1(C)CNCC[NH+]1[O-]. The fourth-order valence-electron chi connectivity index (χ4n) is 1.04. The molecule has 1 aliphatic heterocycles. The molecule has 0 saturated carbocycles. The lowest BCUT2D eigenvalue weighted by atomic mass is 10.0. The largest absolute Gasteiger partial charge is 0.634 e. The molecule has 0 spiro atoms. The Balaban J connectivity index is 2.49. The van der Waals surface area contributed by atoms with E-state index in [1.54, 1.807) is 0 Å². The summed E-state index contributed by atoms with van der Waals surface area (Å²) >= 11 is 0. The van der Waals surface area contributed by atoms with Crippen LogP contribution in [-0.2, 0) is 0 Å². The van der Waals surface area contributed by atoms with Crippen molar-refractivity contribution in [2.24, 2.45) is 0 Å². The zero-order chi connectivity index (χ0) is 6.91. The Bertz CT molecular complexity index is 103. The first-order valence-corrected chi connectivity index (χ1v) is 3.37. The molecule has 54 valence electrons. The van der Waals surface area contributed by atoms with Gasteiger partial charge in [0.15, 0.2) is 0 Å². The number of hydroxylamine groups is 2. The highest BCUT2D eigenvalue weighted by Gasteiger charge is 2.27. The van der Waals surface area contributed by atoms with Crippen molar-refractivity contribution in [2.45, 2.75) is 19.4 Å². The Labute approximate surface area is 55.6 Å². The van der Waals surface area contributed by atoms with Crippen molar-refractivity contribution >= 4 is 0 Å². The van der Waals surface area contributed by atoms with Crippen LogP contribution in [0.4, 0.5) is 0 Å². The van der Waals surface area contributed by atoms with E-state index in [0.29, 0.717) is 11.6 Å². The maximum absolute atomic E-state index is 11.1. The van der Waals surface area contributed by atoms with E-state index in [-0.39, 0.29) is 5.54 Å². The lowest BCUT2D eigenvalue weighted by Gasteiger charge is -2.42. The van der Waals surface area contributed by atoms with Crippen LogP contribution in [0.5, 0.6) is 0 Å². The van der Waals surface area contributed by atoms with E-state index in [4.69, 9.17) is 0 Å². The molecule has 0 aromatic carbocycles. The third-order valence-corrected chi connectivity index (χ3v) is 1.85. The number of nitrogens with one attached hydrogen (secondary N) is 2. The molecule has 0 bridgehead atoms. The summed E-state index contributed by atoms with van der Waals surface area (Å²) in [6.07, 6.45) is 0. The first-order valence-electron chi connectivity index (χ1n) is 3.37. The van der Waals surface area contributed by atoms with Crippen LogP contribution in [-0.4, -0.2) is 25.2 Å². The first kappa shape index (κ1) is 6.99. The summed E-state index contributed by atoms with van der Waals surface area (Å²) in [5, 5.41) is 14.7. The Kier molecular flexibility index (Phi) is 1.75. The van der Waals surface area contributed by atoms with Gasteiger partial charge in [-0.15, -0.1) is 0 Å². The van der Waals surface area contributed by atoms with E-state index in [2.05, 4.69) is 5.32 Å². The molecule has 1 atom stereocenters. The maximum Gasteiger partial charge on any atom is 0.104 e. The van der Waals surface area contributed by atoms with Crippen molar-refractivity contribution in [3.8, 4) is 0 Å². The molecule has 1 aliphatic rings. The Hall–Kier alpha value is -0.120. The molecule has 1 fully saturated rings. The molecule has 0 aromatic heterocycles. The normalized spacial score (nSPS) is 34.3. The summed E-state index contributed by atoms with van der Waals surface area (Å²) in [5.41, 5.74) is -0.113. The average Bonchev–Trinajstić information content (AvgIpc) is 1.77. The maximum atomic E-state index is 11.1. The molecular formula is C6H14N2O. The van der Waals surface area contributed by atoms with Gasteiger partial charge in [0.25, 0.3) is 0 Å². The molecule has 0 radical (unpaired) electrons. The van der Waals surface area contributed by atoms with E-state index in [1.807, 2.05) is 13.8 Å². The summed E-state index contributed by atoms with van der Waals surface area (Å²) in [6, 6.07) is 0. The molecule has 0 aliphatic carbocycles. The zero-order valence-electron chi connectivity index (χ0n) is 6.03. The van der Waals surface area contributed by atoms with Crippen molar-refractivity contribution in [1.82, 2.24) is 5.32 Å². The third-order valence-electron chi connectivity index (χ3n) is 1.85.